The van der Waals surface area contributed by atoms with Crippen molar-refractivity contribution in [1.29, 1.82) is 0 Å². The van der Waals surface area contributed by atoms with Gasteiger partial charge in [0.05, 0.1) is 13.3 Å². The van der Waals surface area contributed by atoms with E-state index in [1.165, 1.54) is 6.20 Å². The lowest BCUT2D eigenvalue weighted by Gasteiger charge is -2.09. The molecule has 2 rings (SSSR count). The minimum Gasteiger partial charge on any atom is -0.496 e. The summed E-state index contributed by atoms with van der Waals surface area (Å²) in [4.78, 5) is 11.6. The first kappa shape index (κ1) is 14.5. The van der Waals surface area contributed by atoms with E-state index in [4.69, 9.17) is 4.74 Å². The van der Waals surface area contributed by atoms with Crippen LogP contribution in [0.25, 0.3) is 0 Å². The minimum atomic E-state index is -0.221. The van der Waals surface area contributed by atoms with Gasteiger partial charge in [-0.05, 0) is 30.5 Å². The smallest absolute Gasteiger partial charge is 0.273 e. The Morgan fingerprint density at radius 3 is 3.05 bits per heavy atom. The third kappa shape index (κ3) is 3.80. The van der Waals surface area contributed by atoms with Gasteiger partial charge in [-0.2, -0.15) is 15.4 Å². The number of carbonyl (C=O) groups excluding carboxylic acids is 1. The van der Waals surface area contributed by atoms with Gasteiger partial charge in [0, 0.05) is 11.0 Å². The van der Waals surface area contributed by atoms with Gasteiger partial charge in [-0.1, -0.05) is 22.0 Å². The number of H-pyrrole nitrogens is 1. The Morgan fingerprint density at radius 2 is 2.35 bits per heavy atom. The first-order valence-corrected chi connectivity index (χ1v) is 6.96. The molecule has 106 valence electrons. The van der Waals surface area contributed by atoms with E-state index in [9.17, 15) is 4.79 Å². The molecule has 0 aliphatic heterocycles. The second-order valence-corrected chi connectivity index (χ2v) is 5.09. The average molecular weight is 339 g/mol. The molecule has 20 heavy (non-hydrogen) atoms. The summed E-state index contributed by atoms with van der Waals surface area (Å²) in [5.41, 5.74) is 1.41. The number of nitrogens with zero attached hydrogens (tertiary/aromatic N) is 2. The Labute approximate surface area is 125 Å². The number of rotatable bonds is 6. The highest BCUT2D eigenvalue weighted by Gasteiger charge is 2.08. The quantitative estimate of drug-likeness (QED) is 0.789. The molecule has 7 heteroatoms. The van der Waals surface area contributed by atoms with Gasteiger partial charge in [0.25, 0.3) is 5.91 Å². The molecule has 0 aliphatic rings. The summed E-state index contributed by atoms with van der Waals surface area (Å²) in [5, 5.41) is 12.5. The van der Waals surface area contributed by atoms with Gasteiger partial charge in [-0.3, -0.25) is 4.79 Å². The molecule has 0 unspecified atom stereocenters. The van der Waals surface area contributed by atoms with E-state index in [1.807, 2.05) is 18.2 Å². The monoisotopic (exact) mass is 338 g/mol. The summed E-state index contributed by atoms with van der Waals surface area (Å²) in [7, 11) is 1.65. The number of amides is 1. The van der Waals surface area contributed by atoms with Crippen LogP contribution >= 0.6 is 15.9 Å². The third-order valence-electron chi connectivity index (χ3n) is 2.81. The number of methoxy groups -OCH3 is 1. The van der Waals surface area contributed by atoms with E-state index in [2.05, 4.69) is 36.7 Å². The third-order valence-corrected chi connectivity index (χ3v) is 3.30. The highest BCUT2D eigenvalue weighted by molar-refractivity contribution is 9.10. The van der Waals surface area contributed by atoms with Crippen LogP contribution in [0.2, 0.25) is 0 Å². The van der Waals surface area contributed by atoms with E-state index < -0.39 is 0 Å². The predicted octanol–water partition coefficient (Wildman–Crippen LogP) is 1.94. The number of carbonyl (C=O) groups is 1. The van der Waals surface area contributed by atoms with Gasteiger partial charge in [-0.15, -0.1) is 0 Å². The highest BCUT2D eigenvalue weighted by atomic mass is 79.9. The first-order chi connectivity index (χ1) is 9.70. The average Bonchev–Trinajstić information content (AvgIpc) is 2.98. The standard InChI is InChI=1S/C13H15BrN4O2/c1-20-12-7-10(14)5-4-9(12)3-2-6-15-13(19)11-8-16-18-17-11/h4-5,7-8H,2-3,6H2,1H3,(H,15,19)(H,16,17,18). The normalized spacial score (nSPS) is 10.3. The molecule has 0 aliphatic carbocycles. The topological polar surface area (TPSA) is 79.9 Å². The summed E-state index contributed by atoms with van der Waals surface area (Å²) >= 11 is 3.41. The summed E-state index contributed by atoms with van der Waals surface area (Å²) in [6.07, 6.45) is 3.05. The van der Waals surface area contributed by atoms with Crippen molar-refractivity contribution in [3.63, 3.8) is 0 Å². The Balaban J connectivity index is 1.80. The zero-order chi connectivity index (χ0) is 14.4. The fourth-order valence-electron chi connectivity index (χ4n) is 1.81. The van der Waals surface area contributed by atoms with Crippen molar-refractivity contribution >= 4 is 21.8 Å². The van der Waals surface area contributed by atoms with Crippen molar-refractivity contribution in [3.05, 3.63) is 40.1 Å². The molecular weight excluding hydrogens is 324 g/mol. The molecule has 0 saturated heterocycles. The van der Waals surface area contributed by atoms with E-state index >= 15 is 0 Å². The molecule has 0 spiro atoms. The van der Waals surface area contributed by atoms with E-state index in [0.29, 0.717) is 12.2 Å². The van der Waals surface area contributed by atoms with Gasteiger partial charge >= 0.3 is 0 Å². The maximum atomic E-state index is 11.6. The minimum absolute atomic E-state index is 0.221. The lowest BCUT2D eigenvalue weighted by Crippen LogP contribution is -2.25. The number of nitrogens with one attached hydrogen (secondary N) is 2. The molecule has 6 nitrogen and oxygen atoms in total. The molecule has 0 atom stereocenters. The van der Waals surface area contributed by atoms with Crippen LogP contribution in [0.4, 0.5) is 0 Å². The van der Waals surface area contributed by atoms with Crippen LogP contribution in [-0.4, -0.2) is 35.0 Å². The molecule has 0 radical (unpaired) electrons. The predicted molar refractivity (Wildman–Crippen MR) is 77.7 cm³/mol. The van der Waals surface area contributed by atoms with Crippen molar-refractivity contribution in [2.24, 2.45) is 0 Å². The fraction of sp³-hybridized carbons (Fsp3) is 0.308. The summed E-state index contributed by atoms with van der Waals surface area (Å²) in [6, 6.07) is 5.93. The molecule has 1 aromatic heterocycles. The zero-order valence-corrected chi connectivity index (χ0v) is 12.6. The van der Waals surface area contributed by atoms with Gasteiger partial charge in [-0.25, -0.2) is 0 Å². The van der Waals surface area contributed by atoms with E-state index in [-0.39, 0.29) is 5.91 Å². The largest absolute Gasteiger partial charge is 0.496 e. The van der Waals surface area contributed by atoms with Gasteiger partial charge in [0.2, 0.25) is 0 Å². The number of hydrogen-bond acceptors (Lipinski definition) is 4. The molecule has 1 heterocycles. The Bertz CT molecular complexity index is 572. The van der Waals surface area contributed by atoms with Gasteiger partial charge in [0.15, 0.2) is 5.69 Å². The van der Waals surface area contributed by atoms with Crippen molar-refractivity contribution in [1.82, 2.24) is 20.7 Å². The first-order valence-electron chi connectivity index (χ1n) is 6.17. The summed E-state index contributed by atoms with van der Waals surface area (Å²) in [5.74, 6) is 0.628. The molecule has 2 aromatic rings. The van der Waals surface area contributed by atoms with Crippen LogP contribution in [0.3, 0.4) is 0 Å². The maximum absolute atomic E-state index is 11.6. The molecule has 0 saturated carbocycles. The maximum Gasteiger partial charge on any atom is 0.273 e. The van der Waals surface area contributed by atoms with Crippen LogP contribution < -0.4 is 10.1 Å². The zero-order valence-electron chi connectivity index (χ0n) is 11.0. The number of aromatic nitrogens is 3. The van der Waals surface area contributed by atoms with Crippen molar-refractivity contribution in [2.45, 2.75) is 12.8 Å². The van der Waals surface area contributed by atoms with Crippen LogP contribution in [0.15, 0.2) is 28.9 Å². The van der Waals surface area contributed by atoms with Gasteiger partial charge < -0.3 is 10.1 Å². The Hall–Kier alpha value is -1.89. The Kier molecular flexibility index (Phi) is 5.11. The second kappa shape index (κ2) is 7.04. The SMILES string of the molecule is COc1cc(Br)ccc1CCCNC(=O)c1cn[nH]n1. The number of aryl methyl sites for hydroxylation is 1. The number of hydrogen-bond donors (Lipinski definition) is 2. The molecule has 1 amide bonds. The van der Waals surface area contributed by atoms with Crippen LogP contribution in [0, 0.1) is 0 Å². The second-order valence-electron chi connectivity index (χ2n) is 4.17. The fourth-order valence-corrected chi connectivity index (χ4v) is 2.15. The number of benzene rings is 1. The van der Waals surface area contributed by atoms with Gasteiger partial charge in [0.1, 0.15) is 5.75 Å². The lowest BCUT2D eigenvalue weighted by molar-refractivity contribution is 0.0948. The number of ether oxygens (including phenoxy) is 1. The van der Waals surface area contributed by atoms with Crippen molar-refractivity contribution in [2.75, 3.05) is 13.7 Å². The number of aromatic amines is 1. The molecule has 0 fully saturated rings. The summed E-state index contributed by atoms with van der Waals surface area (Å²) < 4.78 is 6.31. The molecule has 0 bridgehead atoms. The van der Waals surface area contributed by atoms with Crippen LogP contribution in [-0.2, 0) is 6.42 Å². The molecule has 1 aromatic carbocycles. The molecule has 2 N–H and O–H groups in total. The Morgan fingerprint density at radius 1 is 1.50 bits per heavy atom. The lowest BCUT2D eigenvalue weighted by atomic mass is 10.1. The van der Waals surface area contributed by atoms with Crippen LogP contribution in [0.5, 0.6) is 5.75 Å². The number of halogens is 1. The van der Waals surface area contributed by atoms with Crippen LogP contribution in [0.1, 0.15) is 22.5 Å². The summed E-state index contributed by atoms with van der Waals surface area (Å²) in [6.45, 7) is 0.574. The van der Waals surface area contributed by atoms with Crippen molar-refractivity contribution in [3.8, 4) is 5.75 Å². The molecular formula is C13H15BrN4O2. The van der Waals surface area contributed by atoms with E-state index in [1.54, 1.807) is 7.11 Å². The van der Waals surface area contributed by atoms with E-state index in [0.717, 1.165) is 28.6 Å². The van der Waals surface area contributed by atoms with Crippen molar-refractivity contribution < 1.29 is 9.53 Å². The highest BCUT2D eigenvalue weighted by Crippen LogP contribution is 2.24.